The highest BCUT2D eigenvalue weighted by molar-refractivity contribution is 6.30. The molecule has 4 aromatic rings. The van der Waals surface area contributed by atoms with Gasteiger partial charge in [0.2, 0.25) is 0 Å². The van der Waals surface area contributed by atoms with E-state index in [0.717, 1.165) is 16.9 Å². The second kappa shape index (κ2) is 7.15. The van der Waals surface area contributed by atoms with Crippen LogP contribution in [0.4, 0.5) is 0 Å². The number of methoxy groups -OCH3 is 1. The van der Waals surface area contributed by atoms with Gasteiger partial charge in [-0.1, -0.05) is 29.8 Å². The van der Waals surface area contributed by atoms with Crippen LogP contribution in [0.15, 0.2) is 59.5 Å². The lowest BCUT2D eigenvalue weighted by Gasteiger charge is -2.25. The van der Waals surface area contributed by atoms with Crippen LogP contribution in [0.2, 0.25) is 5.02 Å². The molecular formula is C23H18ClN3O3. The number of rotatable bonds is 3. The average Bonchev–Trinajstić information content (AvgIpc) is 3.11. The van der Waals surface area contributed by atoms with E-state index in [-0.39, 0.29) is 17.3 Å². The van der Waals surface area contributed by atoms with Gasteiger partial charge in [0.25, 0.3) is 5.56 Å². The fraction of sp³-hybridized carbons (Fsp3) is 0.174. The van der Waals surface area contributed by atoms with Crippen molar-refractivity contribution in [3.63, 3.8) is 0 Å². The van der Waals surface area contributed by atoms with E-state index >= 15 is 0 Å². The Labute approximate surface area is 177 Å². The summed E-state index contributed by atoms with van der Waals surface area (Å²) in [5.74, 6) is 0.668. The summed E-state index contributed by atoms with van der Waals surface area (Å²) in [5, 5.41) is 4.10. The minimum Gasteiger partial charge on any atom is -0.496 e. The highest BCUT2D eigenvalue weighted by Crippen LogP contribution is 2.38. The first-order valence-electron chi connectivity index (χ1n) is 9.61. The Bertz CT molecular complexity index is 1340. The van der Waals surface area contributed by atoms with Gasteiger partial charge in [-0.15, -0.1) is 0 Å². The minimum atomic E-state index is -0.231. The lowest BCUT2D eigenvalue weighted by atomic mass is 9.79. The van der Waals surface area contributed by atoms with Gasteiger partial charge in [-0.3, -0.25) is 14.7 Å². The Morgan fingerprint density at radius 1 is 1.10 bits per heavy atom. The molecule has 0 radical (unpaired) electrons. The van der Waals surface area contributed by atoms with Crippen LogP contribution in [-0.4, -0.2) is 27.7 Å². The molecule has 0 aliphatic heterocycles. The fourth-order valence-corrected chi connectivity index (χ4v) is 4.36. The van der Waals surface area contributed by atoms with Gasteiger partial charge in [-0.2, -0.15) is 0 Å². The van der Waals surface area contributed by atoms with Gasteiger partial charge < -0.3 is 4.74 Å². The second-order valence-corrected chi connectivity index (χ2v) is 7.81. The Morgan fingerprint density at radius 3 is 2.63 bits per heavy atom. The number of carbonyl (C=O) groups excluding carboxylic acids is 1. The normalized spacial score (nSPS) is 15.9. The molecule has 30 heavy (non-hydrogen) atoms. The smallest absolute Gasteiger partial charge is 0.281 e. The summed E-state index contributed by atoms with van der Waals surface area (Å²) in [6.45, 7) is 0. The molecule has 1 aliphatic rings. The van der Waals surface area contributed by atoms with E-state index < -0.39 is 0 Å². The van der Waals surface area contributed by atoms with Crippen molar-refractivity contribution in [2.24, 2.45) is 0 Å². The number of H-pyrrole nitrogens is 1. The summed E-state index contributed by atoms with van der Waals surface area (Å²) >= 11 is 5.97. The molecule has 2 aromatic carbocycles. The molecule has 1 aliphatic carbocycles. The van der Waals surface area contributed by atoms with Crippen molar-refractivity contribution >= 4 is 28.4 Å². The molecule has 0 unspecified atom stereocenters. The predicted octanol–water partition coefficient (Wildman–Crippen LogP) is 4.29. The van der Waals surface area contributed by atoms with Gasteiger partial charge in [0.05, 0.1) is 18.2 Å². The second-order valence-electron chi connectivity index (χ2n) is 7.37. The van der Waals surface area contributed by atoms with Crippen LogP contribution in [0.1, 0.15) is 33.8 Å². The first kappa shape index (κ1) is 18.6. The SMILES string of the molecule is COc1ccccc1[C@@H]1CC(=O)c2cnc3[nH]n(-c4ccc(Cl)cc4)c(=O)c3c2C1. The van der Waals surface area contributed by atoms with E-state index in [2.05, 4.69) is 10.1 Å². The summed E-state index contributed by atoms with van der Waals surface area (Å²) < 4.78 is 6.93. The summed E-state index contributed by atoms with van der Waals surface area (Å²) in [6.07, 6.45) is 2.49. The van der Waals surface area contributed by atoms with Crippen LogP contribution in [0.5, 0.6) is 5.75 Å². The quantitative estimate of drug-likeness (QED) is 0.537. The first-order valence-corrected chi connectivity index (χ1v) is 9.99. The number of ketones is 1. The Kier molecular flexibility index (Phi) is 4.44. The Morgan fingerprint density at radius 2 is 1.87 bits per heavy atom. The molecule has 6 nitrogen and oxygen atoms in total. The van der Waals surface area contributed by atoms with Crippen LogP contribution < -0.4 is 10.3 Å². The van der Waals surface area contributed by atoms with Crippen molar-refractivity contribution in [1.82, 2.24) is 14.8 Å². The molecule has 0 fully saturated rings. The highest BCUT2D eigenvalue weighted by atomic mass is 35.5. The number of ether oxygens (including phenoxy) is 1. The topological polar surface area (TPSA) is 77.0 Å². The highest BCUT2D eigenvalue weighted by Gasteiger charge is 2.31. The molecule has 1 atom stereocenters. The van der Waals surface area contributed by atoms with Crippen LogP contribution in [0, 0.1) is 0 Å². The zero-order valence-corrected chi connectivity index (χ0v) is 16.9. The number of carbonyl (C=O) groups is 1. The number of halogens is 1. The van der Waals surface area contributed by atoms with Gasteiger partial charge in [0.1, 0.15) is 5.75 Å². The van der Waals surface area contributed by atoms with Crippen molar-refractivity contribution in [3.05, 3.63) is 86.8 Å². The zero-order chi connectivity index (χ0) is 20.8. The third kappa shape index (κ3) is 2.92. The molecule has 0 saturated carbocycles. The zero-order valence-electron chi connectivity index (χ0n) is 16.2. The number of Topliss-reactive ketones (excluding diaryl/α,β-unsaturated/α-hetero) is 1. The number of nitrogens with zero attached hydrogens (tertiary/aromatic N) is 2. The fourth-order valence-electron chi connectivity index (χ4n) is 4.23. The van der Waals surface area contributed by atoms with Crippen molar-refractivity contribution in [3.8, 4) is 11.4 Å². The number of pyridine rings is 1. The van der Waals surface area contributed by atoms with E-state index in [1.54, 1.807) is 37.6 Å². The van der Waals surface area contributed by atoms with E-state index in [4.69, 9.17) is 16.3 Å². The number of hydrogen-bond acceptors (Lipinski definition) is 4. The first-order chi connectivity index (χ1) is 14.6. The number of hydrogen-bond donors (Lipinski definition) is 1. The summed E-state index contributed by atoms with van der Waals surface area (Å²) in [6, 6.07) is 14.7. The van der Waals surface area contributed by atoms with Crippen LogP contribution in [0.3, 0.4) is 0 Å². The molecule has 0 bridgehead atoms. The predicted molar refractivity (Wildman–Crippen MR) is 115 cm³/mol. The number of fused-ring (bicyclic) bond motifs is 3. The van der Waals surface area contributed by atoms with E-state index in [1.807, 2.05) is 24.3 Å². The molecule has 150 valence electrons. The van der Waals surface area contributed by atoms with Gasteiger partial charge in [-0.05, 0) is 53.8 Å². The molecular weight excluding hydrogens is 402 g/mol. The number of aromatic nitrogens is 3. The monoisotopic (exact) mass is 419 g/mol. The van der Waals surface area contributed by atoms with E-state index in [1.165, 1.54) is 4.68 Å². The molecule has 5 rings (SSSR count). The molecule has 0 spiro atoms. The maximum absolute atomic E-state index is 13.3. The van der Waals surface area contributed by atoms with Crippen molar-refractivity contribution in [2.45, 2.75) is 18.8 Å². The third-order valence-corrected chi connectivity index (χ3v) is 5.92. The van der Waals surface area contributed by atoms with Crippen LogP contribution >= 0.6 is 11.6 Å². The van der Waals surface area contributed by atoms with Crippen molar-refractivity contribution in [1.29, 1.82) is 0 Å². The van der Waals surface area contributed by atoms with Gasteiger partial charge in [0, 0.05) is 23.2 Å². The summed E-state index contributed by atoms with van der Waals surface area (Å²) in [4.78, 5) is 30.6. The van der Waals surface area contributed by atoms with E-state index in [9.17, 15) is 9.59 Å². The van der Waals surface area contributed by atoms with Gasteiger partial charge in [-0.25, -0.2) is 9.67 Å². The van der Waals surface area contributed by atoms with Crippen molar-refractivity contribution in [2.75, 3.05) is 7.11 Å². The standard InChI is InChI=1S/C23H18ClN3O3/c1-30-20-5-3-2-4-16(20)13-10-17-18(19(28)11-13)12-25-22-21(17)23(29)27(26-22)15-8-6-14(24)7-9-15/h2-9,12-13H,10-11H2,1H3,(H,25,26)/t13-/m0/s1. The van der Waals surface area contributed by atoms with Crippen LogP contribution in [-0.2, 0) is 6.42 Å². The lowest BCUT2D eigenvalue weighted by Crippen LogP contribution is -2.22. The maximum Gasteiger partial charge on any atom is 0.281 e. The molecule has 0 amide bonds. The summed E-state index contributed by atoms with van der Waals surface area (Å²) in [5.41, 5.74) is 3.11. The number of aromatic amines is 1. The average molecular weight is 420 g/mol. The van der Waals surface area contributed by atoms with Crippen molar-refractivity contribution < 1.29 is 9.53 Å². The summed E-state index contributed by atoms with van der Waals surface area (Å²) in [7, 11) is 1.62. The Hall–Kier alpha value is -3.38. The van der Waals surface area contributed by atoms with Crippen LogP contribution in [0.25, 0.3) is 16.7 Å². The molecule has 2 heterocycles. The lowest BCUT2D eigenvalue weighted by molar-refractivity contribution is 0.0964. The van der Waals surface area contributed by atoms with Gasteiger partial charge >= 0.3 is 0 Å². The molecule has 2 aromatic heterocycles. The number of nitrogens with one attached hydrogen (secondary N) is 1. The molecule has 1 N–H and O–H groups in total. The van der Waals surface area contributed by atoms with Gasteiger partial charge in [0.15, 0.2) is 11.4 Å². The maximum atomic E-state index is 13.3. The number of benzene rings is 2. The number of para-hydroxylation sites is 1. The largest absolute Gasteiger partial charge is 0.496 e. The Balaban J connectivity index is 1.67. The molecule has 7 heteroatoms. The third-order valence-electron chi connectivity index (χ3n) is 5.67. The minimum absolute atomic E-state index is 0.0137. The molecule has 0 saturated heterocycles. The van der Waals surface area contributed by atoms with E-state index in [0.29, 0.717) is 40.1 Å².